The lowest BCUT2D eigenvalue weighted by atomic mass is 9.92. The molecule has 164 valence electrons. The lowest BCUT2D eigenvalue weighted by Gasteiger charge is -2.29. The SMILES string of the molecule is C#C.Cc1cnc2c(c1)c(N)c(-c1ccc(N(O)NCC(F)(F)F)cc1)n2C1CCC1. The highest BCUT2D eigenvalue weighted by Gasteiger charge is 2.29. The maximum absolute atomic E-state index is 12.3. The monoisotopic (exact) mass is 431 g/mol. The van der Waals surface area contributed by atoms with Crippen molar-refractivity contribution >= 4 is 22.4 Å². The van der Waals surface area contributed by atoms with Crippen molar-refractivity contribution in [2.24, 2.45) is 0 Å². The van der Waals surface area contributed by atoms with Crippen molar-refractivity contribution in [3.63, 3.8) is 0 Å². The van der Waals surface area contributed by atoms with Crippen LogP contribution in [0.3, 0.4) is 0 Å². The van der Waals surface area contributed by atoms with E-state index in [0.29, 0.717) is 16.9 Å². The number of aryl methyl sites for hydroxylation is 1. The predicted octanol–water partition coefficient (Wildman–Crippen LogP) is 4.83. The van der Waals surface area contributed by atoms with Crippen LogP contribution in [0.4, 0.5) is 24.5 Å². The molecule has 1 saturated carbocycles. The number of fused-ring (bicyclic) bond motifs is 1. The highest BCUT2D eigenvalue weighted by molar-refractivity contribution is 5.99. The van der Waals surface area contributed by atoms with Gasteiger partial charge in [0.05, 0.1) is 17.1 Å². The van der Waals surface area contributed by atoms with Crippen LogP contribution in [0.1, 0.15) is 30.9 Å². The average Bonchev–Trinajstić information content (AvgIpc) is 2.98. The normalized spacial score (nSPS) is 14.0. The molecule has 0 unspecified atom stereocenters. The summed E-state index contributed by atoms with van der Waals surface area (Å²) in [4.78, 5) is 4.60. The molecule has 6 nitrogen and oxygen atoms in total. The summed E-state index contributed by atoms with van der Waals surface area (Å²) in [7, 11) is 0. The third-order valence-electron chi connectivity index (χ3n) is 5.27. The first-order chi connectivity index (χ1) is 14.7. The zero-order chi connectivity index (χ0) is 22.8. The largest absolute Gasteiger partial charge is 0.402 e. The number of hydrogen-bond acceptors (Lipinski definition) is 5. The first kappa shape index (κ1) is 22.5. The van der Waals surface area contributed by atoms with E-state index in [2.05, 4.69) is 22.4 Å². The topological polar surface area (TPSA) is 79.3 Å². The van der Waals surface area contributed by atoms with Crippen LogP contribution < -0.4 is 16.3 Å². The number of benzene rings is 1. The molecule has 0 amide bonds. The first-order valence-corrected chi connectivity index (χ1v) is 9.73. The Kier molecular flexibility index (Phi) is 6.43. The lowest BCUT2D eigenvalue weighted by molar-refractivity contribution is -0.128. The minimum Gasteiger partial charge on any atom is -0.396 e. The number of pyridine rings is 1. The van der Waals surface area contributed by atoms with Crippen LogP contribution in [-0.4, -0.2) is 27.5 Å². The molecule has 1 fully saturated rings. The number of rotatable bonds is 5. The minimum absolute atomic E-state index is 0.192. The Bertz CT molecular complexity index is 1070. The Morgan fingerprint density at radius 3 is 2.45 bits per heavy atom. The van der Waals surface area contributed by atoms with E-state index in [1.54, 1.807) is 24.3 Å². The number of nitrogens with one attached hydrogen (secondary N) is 1. The summed E-state index contributed by atoms with van der Waals surface area (Å²) in [6.07, 6.45) is 8.65. The lowest BCUT2D eigenvalue weighted by Crippen LogP contribution is -2.41. The Morgan fingerprint density at radius 2 is 1.90 bits per heavy atom. The quantitative estimate of drug-likeness (QED) is 0.398. The second kappa shape index (κ2) is 8.88. The van der Waals surface area contributed by atoms with Gasteiger partial charge in [-0.15, -0.1) is 12.8 Å². The van der Waals surface area contributed by atoms with E-state index in [1.165, 1.54) is 0 Å². The molecule has 9 heteroatoms. The highest BCUT2D eigenvalue weighted by atomic mass is 19.4. The fourth-order valence-corrected chi connectivity index (χ4v) is 3.63. The van der Waals surface area contributed by atoms with E-state index < -0.39 is 12.7 Å². The molecular formula is C22H24F3N5O. The fraction of sp³-hybridized carbons (Fsp3) is 0.318. The number of nitrogens with two attached hydrogens (primary N) is 1. The number of nitrogen functional groups attached to an aromatic ring is 1. The molecule has 0 saturated heterocycles. The maximum Gasteiger partial charge on any atom is 0.402 e. The molecule has 31 heavy (non-hydrogen) atoms. The van der Waals surface area contributed by atoms with E-state index in [-0.39, 0.29) is 5.69 Å². The number of hydrazine groups is 1. The van der Waals surface area contributed by atoms with Gasteiger partial charge in [0.25, 0.3) is 0 Å². The maximum atomic E-state index is 12.3. The van der Waals surface area contributed by atoms with Crippen LogP contribution in [0.2, 0.25) is 0 Å². The summed E-state index contributed by atoms with van der Waals surface area (Å²) < 4.78 is 39.2. The molecule has 2 heterocycles. The van der Waals surface area contributed by atoms with Gasteiger partial charge in [-0.3, -0.25) is 5.21 Å². The molecular weight excluding hydrogens is 407 g/mol. The average molecular weight is 431 g/mol. The van der Waals surface area contributed by atoms with Gasteiger partial charge in [-0.25, -0.2) is 10.4 Å². The molecule has 1 aromatic carbocycles. The summed E-state index contributed by atoms with van der Waals surface area (Å²) >= 11 is 0. The molecule has 4 N–H and O–H groups in total. The van der Waals surface area contributed by atoms with Gasteiger partial charge in [0.15, 0.2) is 0 Å². The summed E-state index contributed by atoms with van der Waals surface area (Å²) in [6, 6.07) is 8.89. The van der Waals surface area contributed by atoms with Crippen LogP contribution in [0.25, 0.3) is 22.3 Å². The van der Waals surface area contributed by atoms with Crippen molar-refractivity contribution in [2.45, 2.75) is 38.4 Å². The third-order valence-corrected chi connectivity index (χ3v) is 5.27. The Hall–Kier alpha value is -3.22. The van der Waals surface area contributed by atoms with E-state index in [0.717, 1.165) is 47.1 Å². The van der Waals surface area contributed by atoms with Crippen molar-refractivity contribution in [1.82, 2.24) is 15.0 Å². The number of alkyl halides is 3. The van der Waals surface area contributed by atoms with Crippen molar-refractivity contribution in [3.8, 4) is 24.1 Å². The molecule has 0 spiro atoms. The van der Waals surface area contributed by atoms with Crippen LogP contribution in [-0.2, 0) is 0 Å². The molecule has 2 aromatic heterocycles. The zero-order valence-electron chi connectivity index (χ0n) is 17.0. The van der Waals surface area contributed by atoms with Crippen LogP contribution in [0.15, 0.2) is 36.5 Å². The summed E-state index contributed by atoms with van der Waals surface area (Å²) in [6.45, 7) is 0.629. The van der Waals surface area contributed by atoms with E-state index in [9.17, 15) is 18.4 Å². The molecule has 0 bridgehead atoms. The second-order valence-corrected chi connectivity index (χ2v) is 7.41. The summed E-state index contributed by atoms with van der Waals surface area (Å²) in [5, 5.41) is 11.1. The number of halogens is 3. The highest BCUT2D eigenvalue weighted by Crippen LogP contribution is 2.43. The van der Waals surface area contributed by atoms with Crippen molar-refractivity contribution in [2.75, 3.05) is 17.5 Å². The number of aromatic nitrogens is 2. The van der Waals surface area contributed by atoms with E-state index in [4.69, 9.17) is 5.73 Å². The van der Waals surface area contributed by atoms with Gasteiger partial charge in [0.1, 0.15) is 12.2 Å². The number of hydrogen-bond donors (Lipinski definition) is 3. The molecule has 0 radical (unpaired) electrons. The number of anilines is 2. The molecule has 3 aromatic rings. The van der Waals surface area contributed by atoms with E-state index >= 15 is 0 Å². The van der Waals surface area contributed by atoms with Crippen LogP contribution >= 0.6 is 0 Å². The third kappa shape index (κ3) is 4.60. The van der Waals surface area contributed by atoms with Crippen LogP contribution in [0.5, 0.6) is 0 Å². The fourth-order valence-electron chi connectivity index (χ4n) is 3.63. The molecule has 1 aliphatic rings. The Balaban J connectivity index is 0.00000132. The number of nitrogens with zero attached hydrogens (tertiary/aromatic N) is 3. The zero-order valence-corrected chi connectivity index (χ0v) is 17.0. The van der Waals surface area contributed by atoms with Crippen molar-refractivity contribution < 1.29 is 18.4 Å². The van der Waals surface area contributed by atoms with Crippen molar-refractivity contribution in [1.29, 1.82) is 0 Å². The van der Waals surface area contributed by atoms with Gasteiger partial charge in [0.2, 0.25) is 0 Å². The first-order valence-electron chi connectivity index (χ1n) is 9.73. The van der Waals surface area contributed by atoms with Crippen LogP contribution in [0, 0.1) is 19.8 Å². The molecule has 1 aliphatic carbocycles. The minimum atomic E-state index is -4.43. The molecule has 4 rings (SSSR count). The van der Waals surface area contributed by atoms with E-state index in [1.807, 2.05) is 24.6 Å². The van der Waals surface area contributed by atoms with Gasteiger partial charge < -0.3 is 10.3 Å². The Labute approximate surface area is 178 Å². The summed E-state index contributed by atoms with van der Waals surface area (Å²) in [5.74, 6) is 0. The van der Waals surface area contributed by atoms with Gasteiger partial charge in [-0.1, -0.05) is 12.1 Å². The van der Waals surface area contributed by atoms with Gasteiger partial charge >= 0.3 is 6.18 Å². The Morgan fingerprint density at radius 1 is 1.26 bits per heavy atom. The summed E-state index contributed by atoms with van der Waals surface area (Å²) in [5.41, 5.74) is 12.7. The van der Waals surface area contributed by atoms with Gasteiger partial charge in [-0.05, 0) is 49.9 Å². The smallest absolute Gasteiger partial charge is 0.396 e. The standard InChI is InChI=1S/C20H22F3N5O.C2H2/c1-12-9-16-17(24)18(27(14-3-2-4-14)19(16)25-10-12)13-5-7-15(8-6-13)28(29)26-11-20(21,22)23;1-2/h5-10,14,26,29H,2-4,11,24H2,1H3;1-2H. The predicted molar refractivity (Wildman–Crippen MR) is 115 cm³/mol. The molecule has 0 aliphatic heterocycles. The molecule has 0 atom stereocenters. The number of terminal acetylenes is 1. The van der Waals surface area contributed by atoms with Crippen molar-refractivity contribution in [3.05, 3.63) is 42.1 Å². The van der Waals surface area contributed by atoms with Gasteiger partial charge in [-0.2, -0.15) is 18.3 Å². The van der Waals surface area contributed by atoms with Gasteiger partial charge in [0, 0.05) is 23.2 Å². The second-order valence-electron chi connectivity index (χ2n) is 7.41.